The van der Waals surface area contributed by atoms with Gasteiger partial charge in [-0.3, -0.25) is 14.4 Å². The van der Waals surface area contributed by atoms with E-state index in [1.165, 1.54) is 24.3 Å². The molecule has 7 heteroatoms. The van der Waals surface area contributed by atoms with E-state index in [0.717, 1.165) is 6.20 Å². The van der Waals surface area contributed by atoms with Gasteiger partial charge in [0.1, 0.15) is 17.7 Å². The summed E-state index contributed by atoms with van der Waals surface area (Å²) in [5, 5.41) is 16.1. The van der Waals surface area contributed by atoms with Crippen LogP contribution in [0.25, 0.3) is 0 Å². The molecule has 0 aromatic heterocycles. The zero-order valence-corrected chi connectivity index (χ0v) is 13.7. The van der Waals surface area contributed by atoms with Crippen LogP contribution in [0.15, 0.2) is 76.8 Å². The maximum absolute atomic E-state index is 12.8. The summed E-state index contributed by atoms with van der Waals surface area (Å²) < 4.78 is 12.3. The minimum absolute atomic E-state index is 0.171. The molecule has 0 fully saturated rings. The average molecular weight is 348 g/mol. The summed E-state index contributed by atoms with van der Waals surface area (Å²) in [5.41, 5.74) is -0.0420. The number of hydrogen-bond acceptors (Lipinski definition) is 6. The Hall–Kier alpha value is -3.55. The van der Waals surface area contributed by atoms with Crippen molar-refractivity contribution >= 4 is 19.9 Å². The van der Waals surface area contributed by atoms with Crippen molar-refractivity contribution in [2.75, 3.05) is 0 Å². The second-order valence-corrected chi connectivity index (χ2v) is 6.87. The molecule has 0 unspecified atom stereocenters. The highest BCUT2D eigenvalue weighted by atomic mass is 32.2. The van der Waals surface area contributed by atoms with Crippen LogP contribution in [0.5, 0.6) is 0 Å². The Kier molecular flexibility index (Phi) is 5.57. The van der Waals surface area contributed by atoms with Crippen molar-refractivity contribution in [1.29, 1.82) is 15.3 Å². The van der Waals surface area contributed by atoms with Gasteiger partial charge in [-0.25, -0.2) is 4.36 Å². The molecule has 2 aromatic carbocycles. The first kappa shape index (κ1) is 17.8. The monoisotopic (exact) mass is 348 g/mol. The topological polar surface area (TPSA) is 118 Å². The lowest BCUT2D eigenvalue weighted by atomic mass is 10.2. The molecule has 0 aliphatic carbocycles. The SMILES string of the molecule is N#CC(C#N)=CN=S(=N)(C(=O)c1ccccc1)C(=O)c1ccccc1. The van der Waals surface area contributed by atoms with Gasteiger partial charge in [-0.2, -0.15) is 10.5 Å². The number of hydrogen-bond donors (Lipinski definition) is 1. The minimum Gasteiger partial charge on any atom is -0.279 e. The Balaban J connectivity index is 2.67. The third kappa shape index (κ3) is 3.86. The van der Waals surface area contributed by atoms with E-state index in [2.05, 4.69) is 4.36 Å². The number of nitriles is 2. The standard InChI is InChI=1S/C18H12N4O2S/c19-11-14(12-20)13-22-25(21,17(23)15-7-3-1-4-8-15)18(24)16-9-5-2-6-10-16/h1-10,13,21H. The smallest absolute Gasteiger partial charge is 0.246 e. The Morgan fingerprint density at radius 1 is 0.880 bits per heavy atom. The predicted molar refractivity (Wildman–Crippen MR) is 93.4 cm³/mol. The summed E-state index contributed by atoms with van der Waals surface area (Å²) >= 11 is 0. The first-order valence-corrected chi connectivity index (χ1v) is 8.61. The van der Waals surface area contributed by atoms with E-state index >= 15 is 0 Å². The van der Waals surface area contributed by atoms with Gasteiger partial charge in [-0.1, -0.05) is 60.7 Å². The van der Waals surface area contributed by atoms with Crippen molar-refractivity contribution in [1.82, 2.24) is 0 Å². The number of rotatable bonds is 3. The molecule has 0 aliphatic rings. The van der Waals surface area contributed by atoms with E-state index in [1.807, 2.05) is 0 Å². The highest BCUT2D eigenvalue weighted by Gasteiger charge is 2.27. The number of benzene rings is 2. The molecule has 0 amide bonds. The summed E-state index contributed by atoms with van der Waals surface area (Å²) in [4.78, 5) is 25.6. The normalized spacial score (nSPS) is 10.0. The van der Waals surface area contributed by atoms with Crippen LogP contribution in [-0.2, 0) is 9.62 Å². The molecule has 25 heavy (non-hydrogen) atoms. The van der Waals surface area contributed by atoms with Crippen LogP contribution in [0, 0.1) is 27.4 Å². The van der Waals surface area contributed by atoms with Gasteiger partial charge in [-0.15, -0.1) is 0 Å². The Morgan fingerprint density at radius 2 is 1.28 bits per heavy atom. The van der Waals surface area contributed by atoms with Gasteiger partial charge >= 0.3 is 0 Å². The van der Waals surface area contributed by atoms with E-state index in [0.29, 0.717) is 0 Å². The van der Waals surface area contributed by atoms with Crippen molar-refractivity contribution < 1.29 is 9.59 Å². The van der Waals surface area contributed by atoms with Crippen LogP contribution in [-0.4, -0.2) is 10.2 Å². The van der Waals surface area contributed by atoms with Gasteiger partial charge in [0.2, 0.25) is 10.2 Å². The van der Waals surface area contributed by atoms with Gasteiger partial charge in [0.15, 0.2) is 0 Å². The summed E-state index contributed by atoms with van der Waals surface area (Å²) in [6, 6.07) is 19.0. The molecule has 6 nitrogen and oxygen atoms in total. The summed E-state index contributed by atoms with van der Waals surface area (Å²) in [6.45, 7) is 0. The van der Waals surface area contributed by atoms with Crippen molar-refractivity contribution in [3.63, 3.8) is 0 Å². The van der Waals surface area contributed by atoms with Crippen molar-refractivity contribution in [3.05, 3.63) is 83.6 Å². The van der Waals surface area contributed by atoms with E-state index in [4.69, 9.17) is 15.3 Å². The second-order valence-electron chi connectivity index (χ2n) is 4.76. The van der Waals surface area contributed by atoms with Gasteiger partial charge in [0.25, 0.3) is 0 Å². The minimum atomic E-state index is -3.60. The van der Waals surface area contributed by atoms with Crippen molar-refractivity contribution in [3.8, 4) is 12.1 Å². The molecular formula is C18H12N4O2S. The average Bonchev–Trinajstić information content (AvgIpc) is 2.68. The molecule has 0 saturated heterocycles. The molecule has 1 N–H and O–H groups in total. The Labute approximate surface area is 145 Å². The largest absolute Gasteiger partial charge is 0.279 e. The molecule has 0 radical (unpaired) electrons. The van der Waals surface area contributed by atoms with Crippen LogP contribution in [0.2, 0.25) is 0 Å². The van der Waals surface area contributed by atoms with E-state index in [9.17, 15) is 9.59 Å². The maximum atomic E-state index is 12.8. The number of carbonyl (C=O) groups excluding carboxylic acids is 2. The second kappa shape index (κ2) is 7.82. The highest BCUT2D eigenvalue weighted by Crippen LogP contribution is 2.17. The van der Waals surface area contributed by atoms with E-state index < -0.39 is 19.9 Å². The third-order valence-electron chi connectivity index (χ3n) is 3.14. The molecular weight excluding hydrogens is 336 g/mol. The van der Waals surface area contributed by atoms with Crippen LogP contribution in [0.3, 0.4) is 0 Å². The molecule has 2 aromatic rings. The molecule has 0 atom stereocenters. The van der Waals surface area contributed by atoms with E-state index in [1.54, 1.807) is 48.5 Å². The lowest BCUT2D eigenvalue weighted by Gasteiger charge is -2.10. The molecule has 0 bridgehead atoms. The zero-order valence-electron chi connectivity index (χ0n) is 12.9. The fourth-order valence-corrected chi connectivity index (χ4v) is 3.46. The molecule has 0 aliphatic heterocycles. The van der Waals surface area contributed by atoms with Gasteiger partial charge < -0.3 is 0 Å². The highest BCUT2D eigenvalue weighted by molar-refractivity contribution is 8.22. The number of nitrogens with one attached hydrogen (secondary N) is 1. The summed E-state index contributed by atoms with van der Waals surface area (Å²) in [7, 11) is -3.60. The number of nitrogens with zero attached hydrogens (tertiary/aromatic N) is 3. The van der Waals surface area contributed by atoms with Gasteiger partial charge in [0.05, 0.1) is 15.8 Å². The fraction of sp³-hybridized carbons (Fsp3) is 0. The fourth-order valence-electron chi connectivity index (χ4n) is 1.88. The number of allylic oxidation sites excluding steroid dienone is 1. The number of carbonyl (C=O) groups is 2. The van der Waals surface area contributed by atoms with Gasteiger partial charge in [-0.05, 0) is 0 Å². The van der Waals surface area contributed by atoms with Gasteiger partial charge in [0, 0.05) is 11.1 Å². The van der Waals surface area contributed by atoms with Crippen LogP contribution < -0.4 is 0 Å². The first-order valence-electron chi connectivity index (χ1n) is 7.02. The molecule has 0 spiro atoms. The zero-order chi connectivity index (χ0) is 18.3. The lowest BCUT2D eigenvalue weighted by Crippen LogP contribution is -2.22. The summed E-state index contributed by atoms with van der Waals surface area (Å²) in [6.07, 6.45) is 0.823. The van der Waals surface area contributed by atoms with Crippen molar-refractivity contribution in [2.24, 2.45) is 4.36 Å². The van der Waals surface area contributed by atoms with Crippen molar-refractivity contribution in [2.45, 2.75) is 0 Å². The summed E-state index contributed by atoms with van der Waals surface area (Å²) in [5.74, 6) is 0. The third-order valence-corrected chi connectivity index (χ3v) is 5.10. The Morgan fingerprint density at radius 3 is 1.64 bits per heavy atom. The first-order chi connectivity index (χ1) is 12.0. The molecule has 0 heterocycles. The van der Waals surface area contributed by atoms with Crippen LogP contribution in [0.1, 0.15) is 20.7 Å². The predicted octanol–water partition coefficient (Wildman–Crippen LogP) is 3.70. The van der Waals surface area contributed by atoms with Crippen LogP contribution in [0.4, 0.5) is 0 Å². The van der Waals surface area contributed by atoms with E-state index in [-0.39, 0.29) is 16.7 Å². The van der Waals surface area contributed by atoms with Crippen LogP contribution >= 0.6 is 0 Å². The molecule has 0 saturated carbocycles. The lowest BCUT2D eigenvalue weighted by molar-refractivity contribution is 0.105. The quantitative estimate of drug-likeness (QED) is 0.851. The Bertz CT molecular complexity index is 962. The maximum Gasteiger partial charge on any atom is 0.246 e. The molecule has 122 valence electrons. The molecule has 2 rings (SSSR count).